The molecule has 0 bridgehead atoms. The molecule has 19 heteroatoms. The van der Waals surface area contributed by atoms with Crippen molar-refractivity contribution in [2.24, 2.45) is 0 Å². The predicted molar refractivity (Wildman–Crippen MR) is 388 cm³/mol. The summed E-state index contributed by atoms with van der Waals surface area (Å²) < 4.78 is 34.3. The maximum atomic E-state index is 13.4. The van der Waals surface area contributed by atoms with Crippen molar-refractivity contribution in [1.29, 1.82) is 0 Å². The van der Waals surface area contributed by atoms with Gasteiger partial charge in [-0.1, -0.05) is 272 Å². The summed E-state index contributed by atoms with van der Waals surface area (Å²) >= 11 is 0. The van der Waals surface area contributed by atoms with Crippen LogP contribution in [0.2, 0.25) is 0 Å². The molecule has 3 aliphatic rings. The van der Waals surface area contributed by atoms with E-state index in [4.69, 9.17) is 28.4 Å². The van der Waals surface area contributed by atoms with Crippen LogP contribution >= 0.6 is 0 Å². The molecule has 3 rings (SSSR count). The first-order chi connectivity index (χ1) is 47.8. The van der Waals surface area contributed by atoms with E-state index in [0.717, 1.165) is 70.6 Å². The highest BCUT2D eigenvalue weighted by Crippen LogP contribution is 2.33. The van der Waals surface area contributed by atoms with Crippen molar-refractivity contribution in [2.45, 2.75) is 381 Å². The second-order valence-corrected chi connectivity index (χ2v) is 27.4. The minimum absolute atomic E-state index is 0.232. The Morgan fingerprint density at radius 3 is 1.14 bits per heavy atom. The van der Waals surface area contributed by atoms with E-state index < -0.39 is 124 Å². The summed E-state index contributed by atoms with van der Waals surface area (Å²) in [4.78, 5) is 13.4. The zero-order chi connectivity index (χ0) is 71.1. The van der Waals surface area contributed by atoms with Crippen molar-refractivity contribution in [3.63, 3.8) is 0 Å². The summed E-state index contributed by atoms with van der Waals surface area (Å²) in [6.07, 6.45) is 51.8. The molecule has 3 aliphatic heterocycles. The summed E-state index contributed by atoms with van der Waals surface area (Å²) in [5, 5.41) is 121. The van der Waals surface area contributed by atoms with Crippen LogP contribution in [0, 0.1) is 0 Å². The number of ether oxygens (including phenoxy) is 6. The fourth-order valence-corrected chi connectivity index (χ4v) is 12.7. The monoisotopic (exact) mass is 1390 g/mol. The number of hydrogen-bond donors (Lipinski definition) is 12. The fraction of sp³-hybridized carbons (Fsp3) is 0.810. The SMILES string of the molecule is CC/C=C\C/C=C\C/C=C\C/C=C\CCCCCCCCCCCCCCCCCCCCCCCCCCCCC(=O)NC(COC1OC(CO)C(OC2OC(CO)C(OC3OC(CO)C(O)C(O)C3O)C(O)C2O)C(O)C1O)C(O)/C=C/CC/C=C/CC/C=C/CCCCCC. The molecule has 0 saturated carbocycles. The second kappa shape index (κ2) is 59.4. The number of carbonyl (C=O) groups is 1. The van der Waals surface area contributed by atoms with E-state index in [1.54, 1.807) is 6.08 Å². The van der Waals surface area contributed by atoms with Crippen LogP contribution in [0.1, 0.15) is 277 Å². The van der Waals surface area contributed by atoms with Crippen molar-refractivity contribution in [3.8, 4) is 0 Å². The van der Waals surface area contributed by atoms with Crippen molar-refractivity contribution in [2.75, 3.05) is 26.4 Å². The lowest BCUT2D eigenvalue weighted by atomic mass is 9.96. The smallest absolute Gasteiger partial charge is 0.220 e. The molecule has 19 nitrogen and oxygen atoms in total. The zero-order valence-electron chi connectivity index (χ0n) is 60.5. The van der Waals surface area contributed by atoms with Crippen LogP contribution in [-0.2, 0) is 33.2 Å². The second-order valence-electron chi connectivity index (χ2n) is 27.4. The number of rotatable bonds is 60. The lowest BCUT2D eigenvalue weighted by Crippen LogP contribution is -2.66. The highest BCUT2D eigenvalue weighted by atomic mass is 16.8. The first-order valence-electron chi connectivity index (χ1n) is 38.8. The Balaban J connectivity index is 1.30. The minimum atomic E-state index is -1.98. The van der Waals surface area contributed by atoms with Gasteiger partial charge < -0.3 is 89.9 Å². The van der Waals surface area contributed by atoms with Crippen molar-refractivity contribution >= 4 is 5.91 Å². The van der Waals surface area contributed by atoms with E-state index in [-0.39, 0.29) is 18.9 Å². The van der Waals surface area contributed by atoms with Gasteiger partial charge >= 0.3 is 0 Å². The summed E-state index contributed by atoms with van der Waals surface area (Å²) in [5.41, 5.74) is 0. The Hall–Kier alpha value is -3.03. The van der Waals surface area contributed by atoms with Gasteiger partial charge in [0.05, 0.1) is 38.6 Å². The quantitative estimate of drug-likeness (QED) is 0.0199. The third-order valence-corrected chi connectivity index (χ3v) is 18.9. The maximum absolute atomic E-state index is 13.4. The number of amides is 1. The van der Waals surface area contributed by atoms with Gasteiger partial charge in [0.25, 0.3) is 0 Å². The van der Waals surface area contributed by atoms with Crippen molar-refractivity contribution in [1.82, 2.24) is 5.32 Å². The predicted octanol–water partition coefficient (Wildman–Crippen LogP) is 12.2. The van der Waals surface area contributed by atoms with Gasteiger partial charge in [-0.25, -0.2) is 0 Å². The molecule has 0 aromatic heterocycles. The molecule has 568 valence electrons. The summed E-state index contributed by atoms with van der Waals surface area (Å²) in [7, 11) is 0. The van der Waals surface area contributed by atoms with Gasteiger partial charge in [0, 0.05) is 6.42 Å². The number of hydrogen-bond acceptors (Lipinski definition) is 18. The number of aliphatic hydroxyl groups excluding tert-OH is 11. The van der Waals surface area contributed by atoms with E-state index in [9.17, 15) is 61.0 Å². The maximum Gasteiger partial charge on any atom is 0.220 e. The Labute approximate surface area is 590 Å². The number of aliphatic hydroxyl groups is 11. The average molecular weight is 1390 g/mol. The van der Waals surface area contributed by atoms with Gasteiger partial charge in [0.2, 0.25) is 5.91 Å². The van der Waals surface area contributed by atoms with Crippen LogP contribution in [0.5, 0.6) is 0 Å². The molecule has 3 heterocycles. The molecule has 1 amide bonds. The molecule has 0 spiro atoms. The Morgan fingerprint density at radius 2 is 0.714 bits per heavy atom. The van der Waals surface area contributed by atoms with Crippen molar-refractivity contribution < 1.29 is 89.4 Å². The standard InChI is InChI=1S/C79H139NO18/c1-3-5-7-9-11-13-15-17-19-20-21-22-23-24-25-26-27-28-29-30-31-32-33-34-35-36-37-38-39-40-41-42-43-45-47-49-51-53-55-57-67(85)80-62(63(84)56-54-52-50-48-46-44-18-16-14-12-10-8-6-4-2)61-93-77-73(91)70(88)75(65(59-82)95-77)98-79-74(92)71(89)76(66(60-83)96-79)97-78-72(90)69(87)68(86)64(58-81)94-78/h5,7,11,13-14,16-17,19,21-22,46,48,54,56,62-66,68-79,81-84,86-92H,3-4,6,8-10,12,15,18,20,23-45,47,49-53,55,57-61H2,1-2H3,(H,80,85)/b7-5-,13-11-,16-14+,19-17-,22-21-,48-46+,56-54+. The minimum Gasteiger partial charge on any atom is -0.394 e. The molecule has 0 aromatic carbocycles. The van der Waals surface area contributed by atoms with Crippen LogP contribution in [0.3, 0.4) is 0 Å². The average Bonchev–Trinajstić information content (AvgIpc) is 0.785. The number of nitrogens with one attached hydrogen (secondary N) is 1. The normalized spacial score (nSPS) is 27.2. The summed E-state index contributed by atoms with van der Waals surface area (Å²) in [6, 6.07) is -0.997. The summed E-state index contributed by atoms with van der Waals surface area (Å²) in [6.45, 7) is 1.58. The van der Waals surface area contributed by atoms with Gasteiger partial charge in [-0.15, -0.1) is 0 Å². The zero-order valence-corrected chi connectivity index (χ0v) is 60.5. The molecule has 3 saturated heterocycles. The number of allylic oxidation sites excluding steroid dienone is 13. The third kappa shape index (κ3) is 39.6. The van der Waals surface area contributed by atoms with E-state index in [2.05, 4.69) is 92.1 Å². The van der Waals surface area contributed by atoms with Crippen LogP contribution < -0.4 is 5.32 Å². The third-order valence-electron chi connectivity index (χ3n) is 18.9. The first kappa shape index (κ1) is 89.2. The lowest BCUT2D eigenvalue weighted by molar-refractivity contribution is -0.379. The van der Waals surface area contributed by atoms with Gasteiger partial charge in [0.1, 0.15) is 73.2 Å². The molecule has 17 atom stereocenters. The molecule has 12 N–H and O–H groups in total. The largest absolute Gasteiger partial charge is 0.394 e. The molecule has 98 heavy (non-hydrogen) atoms. The van der Waals surface area contributed by atoms with E-state index >= 15 is 0 Å². The van der Waals surface area contributed by atoms with Crippen LogP contribution in [0.4, 0.5) is 0 Å². The number of unbranched alkanes of at least 4 members (excludes halogenated alkanes) is 32. The molecule has 0 radical (unpaired) electrons. The van der Waals surface area contributed by atoms with E-state index in [0.29, 0.717) is 12.8 Å². The molecular formula is C79H139NO18. The van der Waals surface area contributed by atoms with Crippen LogP contribution in [-0.4, -0.2) is 193 Å². The molecule has 0 aromatic rings. The molecule has 3 fully saturated rings. The molecular weight excluding hydrogens is 1250 g/mol. The Bertz CT molecular complexity index is 2100. The van der Waals surface area contributed by atoms with E-state index in [1.165, 1.54) is 173 Å². The first-order valence-corrected chi connectivity index (χ1v) is 38.8. The van der Waals surface area contributed by atoms with Gasteiger partial charge in [0.15, 0.2) is 18.9 Å². The van der Waals surface area contributed by atoms with E-state index in [1.807, 2.05) is 6.08 Å². The van der Waals surface area contributed by atoms with Gasteiger partial charge in [-0.05, 0) is 83.5 Å². The highest BCUT2D eigenvalue weighted by Gasteiger charge is 2.53. The van der Waals surface area contributed by atoms with Gasteiger partial charge in [-0.2, -0.15) is 0 Å². The summed E-state index contributed by atoms with van der Waals surface area (Å²) in [5.74, 6) is -0.288. The molecule has 0 aliphatic carbocycles. The highest BCUT2D eigenvalue weighted by molar-refractivity contribution is 5.76. The molecule has 17 unspecified atom stereocenters. The van der Waals surface area contributed by atoms with Crippen LogP contribution in [0.25, 0.3) is 0 Å². The fourth-order valence-electron chi connectivity index (χ4n) is 12.7. The van der Waals surface area contributed by atoms with Gasteiger partial charge in [-0.3, -0.25) is 4.79 Å². The Kier molecular flexibility index (Phi) is 54.0. The number of carbonyl (C=O) groups excluding carboxylic acids is 1. The van der Waals surface area contributed by atoms with Crippen molar-refractivity contribution in [3.05, 3.63) is 85.1 Å². The Morgan fingerprint density at radius 1 is 0.378 bits per heavy atom. The van der Waals surface area contributed by atoms with Crippen LogP contribution in [0.15, 0.2) is 85.1 Å². The lowest BCUT2D eigenvalue weighted by Gasteiger charge is -2.48. The topological polar surface area (TPSA) is 307 Å².